The Kier molecular flexibility index (Phi) is 6.38. The second-order valence-electron chi connectivity index (χ2n) is 10.1. The highest BCUT2D eigenvalue weighted by Gasteiger charge is 2.42. The molecule has 2 fully saturated rings. The van der Waals surface area contributed by atoms with Crippen LogP contribution in [0, 0.1) is 12.7 Å². The van der Waals surface area contributed by atoms with Gasteiger partial charge in [-0.2, -0.15) is 5.53 Å². The summed E-state index contributed by atoms with van der Waals surface area (Å²) in [7, 11) is 0. The molecule has 1 saturated heterocycles. The van der Waals surface area contributed by atoms with E-state index in [4.69, 9.17) is 0 Å². The number of halogens is 2. The zero-order valence-corrected chi connectivity index (χ0v) is 20.3. The van der Waals surface area contributed by atoms with E-state index < -0.39 is 24.2 Å². The van der Waals surface area contributed by atoms with Crippen LogP contribution < -0.4 is 21.7 Å². The van der Waals surface area contributed by atoms with E-state index in [1.807, 2.05) is 26.0 Å². The minimum absolute atomic E-state index is 0.00686. The van der Waals surface area contributed by atoms with Gasteiger partial charge in [0.25, 0.3) is 0 Å². The first kappa shape index (κ1) is 24.2. The number of likely N-dealkylation sites (tertiary alicyclic amines) is 1. The molecule has 36 heavy (non-hydrogen) atoms. The number of carbonyl (C=O) groups excluding carboxylic acids is 2. The molecule has 1 unspecified atom stereocenters. The molecule has 0 spiro atoms. The molecule has 1 aliphatic carbocycles. The lowest BCUT2D eigenvalue weighted by atomic mass is 9.92. The Labute approximate surface area is 208 Å². The molecule has 10 heteroatoms. The van der Waals surface area contributed by atoms with Crippen molar-refractivity contribution < 1.29 is 18.4 Å². The molecule has 190 valence electrons. The Morgan fingerprint density at radius 3 is 2.78 bits per heavy atom. The van der Waals surface area contributed by atoms with Crippen LogP contribution in [-0.2, 0) is 15.0 Å². The van der Waals surface area contributed by atoms with Crippen molar-refractivity contribution in [1.29, 1.82) is 0 Å². The normalized spacial score (nSPS) is 22.9. The van der Waals surface area contributed by atoms with Gasteiger partial charge in [0.05, 0.1) is 24.7 Å². The number of pyridine rings is 1. The third-order valence-corrected chi connectivity index (χ3v) is 7.38. The van der Waals surface area contributed by atoms with Crippen LogP contribution in [-0.4, -0.2) is 40.5 Å². The molecule has 1 aromatic carbocycles. The minimum atomic E-state index is -1.30. The number of amides is 2. The number of benzene rings is 1. The second kappa shape index (κ2) is 9.50. The number of hydrazine groups is 2. The fourth-order valence-electron chi connectivity index (χ4n) is 4.98. The van der Waals surface area contributed by atoms with Gasteiger partial charge in [0.15, 0.2) is 0 Å². The number of carbonyl (C=O) groups is 2. The van der Waals surface area contributed by atoms with E-state index in [0.29, 0.717) is 28.1 Å². The molecule has 3 atom stereocenters. The van der Waals surface area contributed by atoms with Gasteiger partial charge in [-0.3, -0.25) is 14.6 Å². The summed E-state index contributed by atoms with van der Waals surface area (Å²) in [4.78, 5) is 32.0. The molecular formula is C26H30F2N6O2. The van der Waals surface area contributed by atoms with Crippen molar-refractivity contribution in [2.75, 3.05) is 6.54 Å². The maximum absolute atomic E-state index is 15.2. The fraction of sp³-hybridized carbons (Fsp3) is 0.423. The summed E-state index contributed by atoms with van der Waals surface area (Å²) in [5.41, 5.74) is 11.2. The van der Waals surface area contributed by atoms with Gasteiger partial charge in [-0.05, 0) is 48.4 Å². The molecule has 0 radical (unpaired) electrons. The highest BCUT2D eigenvalue weighted by molar-refractivity contribution is 5.89. The van der Waals surface area contributed by atoms with E-state index in [1.165, 1.54) is 11.0 Å². The zero-order valence-electron chi connectivity index (χ0n) is 20.3. The number of aromatic nitrogens is 1. The summed E-state index contributed by atoms with van der Waals surface area (Å²) in [6.07, 6.45) is 3.73. The van der Waals surface area contributed by atoms with Gasteiger partial charge in [-0.1, -0.05) is 25.1 Å². The number of hydrogen-bond acceptors (Lipinski definition) is 6. The SMILES string of the molecule is Cc1ncccc1C(NC(=O)[C@@H]1C[C@@H](F)CN1C(=O)CC1=CNNN1)c1ccc(C2(C)CC2)c(F)c1. The quantitative estimate of drug-likeness (QED) is 0.471. The van der Waals surface area contributed by atoms with E-state index in [9.17, 15) is 14.0 Å². The van der Waals surface area contributed by atoms with Crippen LogP contribution >= 0.6 is 0 Å². The van der Waals surface area contributed by atoms with Crippen molar-refractivity contribution in [3.8, 4) is 0 Å². The summed E-state index contributed by atoms with van der Waals surface area (Å²) in [6, 6.07) is 6.99. The minimum Gasteiger partial charge on any atom is -0.343 e. The van der Waals surface area contributed by atoms with Gasteiger partial charge >= 0.3 is 0 Å². The van der Waals surface area contributed by atoms with Gasteiger partial charge in [0, 0.05) is 30.1 Å². The topological polar surface area (TPSA) is 98.4 Å². The third kappa shape index (κ3) is 4.77. The Morgan fingerprint density at radius 2 is 2.11 bits per heavy atom. The number of aryl methyl sites for hydroxylation is 1. The number of hydrogen-bond donors (Lipinski definition) is 4. The highest BCUT2D eigenvalue weighted by atomic mass is 19.1. The maximum Gasteiger partial charge on any atom is 0.243 e. The van der Waals surface area contributed by atoms with Crippen molar-refractivity contribution in [2.24, 2.45) is 0 Å². The highest BCUT2D eigenvalue weighted by Crippen LogP contribution is 2.48. The predicted molar refractivity (Wildman–Crippen MR) is 129 cm³/mol. The van der Waals surface area contributed by atoms with Crippen LogP contribution in [0.15, 0.2) is 48.4 Å². The lowest BCUT2D eigenvalue weighted by Crippen LogP contribution is -2.47. The predicted octanol–water partition coefficient (Wildman–Crippen LogP) is 2.57. The molecular weight excluding hydrogens is 466 g/mol. The van der Waals surface area contributed by atoms with Crippen LogP contribution in [0.1, 0.15) is 61.0 Å². The number of nitrogens with zero attached hydrogens (tertiary/aromatic N) is 2. The summed E-state index contributed by atoms with van der Waals surface area (Å²) in [5.74, 6) is -1.16. The number of rotatable bonds is 7. The monoisotopic (exact) mass is 496 g/mol. The lowest BCUT2D eigenvalue weighted by molar-refractivity contribution is -0.138. The van der Waals surface area contributed by atoms with Crippen molar-refractivity contribution >= 4 is 11.8 Å². The van der Waals surface area contributed by atoms with Crippen molar-refractivity contribution in [3.63, 3.8) is 0 Å². The molecule has 1 saturated carbocycles. The van der Waals surface area contributed by atoms with E-state index in [2.05, 4.69) is 26.7 Å². The fourth-order valence-corrected chi connectivity index (χ4v) is 4.98. The average molecular weight is 497 g/mol. The molecule has 2 aromatic rings. The van der Waals surface area contributed by atoms with Gasteiger partial charge in [-0.15, -0.1) is 0 Å². The number of nitrogens with one attached hydrogen (secondary N) is 4. The maximum atomic E-state index is 15.2. The molecule has 5 rings (SSSR count). The third-order valence-electron chi connectivity index (χ3n) is 7.38. The summed E-state index contributed by atoms with van der Waals surface area (Å²) < 4.78 is 29.6. The van der Waals surface area contributed by atoms with Crippen molar-refractivity contribution in [3.05, 3.63) is 76.6 Å². The van der Waals surface area contributed by atoms with Crippen LogP contribution in [0.4, 0.5) is 8.78 Å². The molecule has 2 amide bonds. The van der Waals surface area contributed by atoms with E-state index in [1.54, 1.807) is 24.5 Å². The van der Waals surface area contributed by atoms with E-state index >= 15 is 4.39 Å². The second-order valence-corrected chi connectivity index (χ2v) is 10.1. The molecule has 1 aromatic heterocycles. The summed E-state index contributed by atoms with van der Waals surface area (Å²) >= 11 is 0. The Bertz CT molecular complexity index is 1210. The van der Waals surface area contributed by atoms with Crippen LogP contribution in [0.2, 0.25) is 0 Å². The van der Waals surface area contributed by atoms with Gasteiger partial charge in [0.2, 0.25) is 11.8 Å². The smallest absolute Gasteiger partial charge is 0.243 e. The van der Waals surface area contributed by atoms with Crippen molar-refractivity contribution in [1.82, 2.24) is 31.6 Å². The molecule has 4 N–H and O–H groups in total. The molecule has 0 bridgehead atoms. The largest absolute Gasteiger partial charge is 0.343 e. The van der Waals surface area contributed by atoms with Crippen LogP contribution in [0.25, 0.3) is 0 Å². The van der Waals surface area contributed by atoms with Gasteiger partial charge in [0.1, 0.15) is 18.0 Å². The standard InChI is InChI=1S/C26H30F2N6O2/c1-15-19(4-3-9-29-15)24(16-5-6-20(21(28)10-16)26(2)7-8-26)31-25(36)22-11-17(27)14-34(22)23(35)12-18-13-30-33-32-18/h3-6,9-10,13,17,22,24,30,32-33H,7-8,11-12,14H2,1-2H3,(H,31,36)/t17-,22+,24?/m1/s1. The van der Waals surface area contributed by atoms with E-state index in [0.717, 1.165) is 12.8 Å². The van der Waals surface area contributed by atoms with Crippen LogP contribution in [0.5, 0.6) is 0 Å². The molecule has 8 nitrogen and oxygen atoms in total. The summed E-state index contributed by atoms with van der Waals surface area (Å²) in [6.45, 7) is 3.71. The Morgan fingerprint density at radius 1 is 1.31 bits per heavy atom. The first-order chi connectivity index (χ1) is 17.2. The molecule has 3 aliphatic rings. The van der Waals surface area contributed by atoms with Gasteiger partial charge in [-0.25, -0.2) is 8.78 Å². The Balaban J connectivity index is 1.41. The molecule has 2 aliphatic heterocycles. The van der Waals surface area contributed by atoms with Crippen molar-refractivity contribution in [2.45, 2.75) is 63.2 Å². The zero-order chi connectivity index (χ0) is 25.4. The molecule has 3 heterocycles. The lowest BCUT2D eigenvalue weighted by Gasteiger charge is -2.28. The average Bonchev–Trinajstić information content (AvgIpc) is 3.20. The van der Waals surface area contributed by atoms with Gasteiger partial charge < -0.3 is 21.1 Å². The van der Waals surface area contributed by atoms with E-state index in [-0.39, 0.29) is 36.5 Å². The first-order valence-electron chi connectivity index (χ1n) is 12.2. The Hall–Kier alpha value is -3.53. The number of alkyl halides is 1. The first-order valence-corrected chi connectivity index (χ1v) is 12.2. The van der Waals surface area contributed by atoms with Crippen LogP contribution in [0.3, 0.4) is 0 Å². The summed E-state index contributed by atoms with van der Waals surface area (Å²) in [5, 5.41) is 2.97.